The molecule has 422 valence electrons. The van der Waals surface area contributed by atoms with Crippen LogP contribution in [0.3, 0.4) is 0 Å². The Morgan fingerprint density at radius 3 is 0.620 bits per heavy atom. The van der Waals surface area contributed by atoms with Crippen molar-refractivity contribution in [1.29, 1.82) is 0 Å². The van der Waals surface area contributed by atoms with E-state index in [0.717, 1.165) is 44.9 Å². The maximum Gasteiger partial charge on any atom is 0.235 e. The van der Waals surface area contributed by atoms with Crippen LogP contribution in [-0.4, -0.2) is 25.8 Å². The van der Waals surface area contributed by atoms with Crippen LogP contribution in [0, 0.1) is 0 Å². The molecule has 0 aliphatic heterocycles. The summed E-state index contributed by atoms with van der Waals surface area (Å²) in [5.41, 5.74) is 0. The van der Waals surface area contributed by atoms with Crippen LogP contribution in [0.1, 0.15) is 342 Å². The SMILES string of the molecule is CCC(Br)C(=O)Cl.CCCCCC/C=C\CCCCCCCCCC(=O)Cl.CCCCCCCCC=CCCCCCCCCCC(=O)Cl.CCCCCCCCCCCCCCCCCCCC(=O)Cl. The first-order valence-corrected chi connectivity index (χ1v) is 32.6. The molecule has 0 aliphatic carbocycles. The lowest BCUT2D eigenvalue weighted by atomic mass is 10.0. The van der Waals surface area contributed by atoms with Crippen molar-refractivity contribution in [3.05, 3.63) is 24.3 Å². The molecule has 1 unspecified atom stereocenters. The number of hydrogen-bond acceptors (Lipinski definition) is 4. The quantitative estimate of drug-likeness (QED) is 0.0263. The van der Waals surface area contributed by atoms with Crippen molar-refractivity contribution in [1.82, 2.24) is 0 Å². The third-order valence-corrected chi connectivity index (χ3v) is 15.0. The molecule has 0 N–H and O–H groups in total. The van der Waals surface area contributed by atoms with E-state index < -0.39 is 0 Å². The Balaban J connectivity index is -0.000000443. The van der Waals surface area contributed by atoms with Crippen LogP contribution in [0.5, 0.6) is 0 Å². The lowest BCUT2D eigenvalue weighted by molar-refractivity contribution is -0.112. The van der Waals surface area contributed by atoms with Crippen LogP contribution in [0.25, 0.3) is 0 Å². The Hall–Kier alpha value is -0.200. The zero-order valence-corrected chi connectivity index (χ0v) is 51.7. The summed E-state index contributed by atoms with van der Waals surface area (Å²) in [6, 6.07) is 0. The fraction of sp³-hybridized carbons (Fsp3) is 0.871. The van der Waals surface area contributed by atoms with Gasteiger partial charge in [0.25, 0.3) is 0 Å². The zero-order valence-electron chi connectivity index (χ0n) is 47.1. The summed E-state index contributed by atoms with van der Waals surface area (Å²) in [6.07, 6.45) is 71.3. The largest absolute Gasteiger partial charge is 0.281 e. The molecule has 0 fully saturated rings. The van der Waals surface area contributed by atoms with Gasteiger partial charge >= 0.3 is 0 Å². The molecule has 0 spiro atoms. The van der Waals surface area contributed by atoms with Crippen molar-refractivity contribution in [3.63, 3.8) is 0 Å². The fourth-order valence-electron chi connectivity index (χ4n) is 8.17. The highest BCUT2D eigenvalue weighted by atomic mass is 79.9. The Labute approximate surface area is 470 Å². The molecule has 1 atom stereocenters. The Kier molecular flexibility index (Phi) is 78.3. The van der Waals surface area contributed by atoms with Crippen LogP contribution < -0.4 is 0 Å². The number of carbonyl (C=O) groups is 4. The Bertz CT molecular complexity index is 1130. The van der Waals surface area contributed by atoms with E-state index in [-0.39, 0.29) is 25.8 Å². The lowest BCUT2D eigenvalue weighted by Crippen LogP contribution is -2.03. The van der Waals surface area contributed by atoms with Crippen molar-refractivity contribution in [3.8, 4) is 0 Å². The summed E-state index contributed by atoms with van der Waals surface area (Å²) in [6.45, 7) is 8.70. The number of halogens is 5. The molecule has 0 radical (unpaired) electrons. The molecule has 0 aromatic heterocycles. The highest BCUT2D eigenvalue weighted by molar-refractivity contribution is 9.10. The van der Waals surface area contributed by atoms with Gasteiger partial charge < -0.3 is 0 Å². The number of alkyl halides is 1. The Morgan fingerprint density at radius 2 is 0.465 bits per heavy atom. The van der Waals surface area contributed by atoms with Crippen LogP contribution >= 0.6 is 62.3 Å². The monoisotopic (exact) mass is 1140 g/mol. The van der Waals surface area contributed by atoms with E-state index in [4.69, 9.17) is 46.4 Å². The maximum absolute atomic E-state index is 10.6. The molecule has 0 heterocycles. The van der Waals surface area contributed by atoms with Gasteiger partial charge in [0.05, 0.1) is 4.83 Å². The van der Waals surface area contributed by atoms with Gasteiger partial charge in [-0.25, -0.2) is 0 Å². The third kappa shape index (κ3) is 86.8. The highest BCUT2D eigenvalue weighted by Gasteiger charge is 2.06. The van der Waals surface area contributed by atoms with Crippen LogP contribution in [0.15, 0.2) is 24.3 Å². The number of rotatable bonds is 52. The van der Waals surface area contributed by atoms with Gasteiger partial charge in [-0.3, -0.25) is 19.2 Å². The molecular weight excluding hydrogens is 1030 g/mol. The molecule has 0 bridgehead atoms. The third-order valence-electron chi connectivity index (χ3n) is 12.9. The van der Waals surface area contributed by atoms with Crippen molar-refractivity contribution >= 4 is 83.3 Å². The number of carbonyl (C=O) groups excluding carboxylic acids is 4. The standard InChI is InChI=1S/C20H39ClO.C20H37ClO.C18H33ClO.C4H6BrClO/c2*1-2-3-4-5-6-7-8-9-10-11-12-13-14-15-16-17-18-19-20(21)22;1-2-3-4-5-6-7-8-9-10-11-12-13-14-15-16-17-18(19)20;1-2-3(5)4(6)7/h2-19H2,1H3;9-10H,2-8,11-19H2,1H3;7-8H,2-6,9-17H2,1H3;3H,2H2,1H3/b;;8-7-;. The molecule has 0 saturated heterocycles. The van der Waals surface area contributed by atoms with E-state index in [0.29, 0.717) is 19.3 Å². The molecule has 0 saturated carbocycles. The van der Waals surface area contributed by atoms with Crippen molar-refractivity contribution in [2.24, 2.45) is 0 Å². The van der Waals surface area contributed by atoms with E-state index in [1.165, 1.54) is 250 Å². The zero-order chi connectivity index (χ0) is 53.4. The molecule has 0 aliphatic rings. The van der Waals surface area contributed by atoms with Gasteiger partial charge in [-0.15, -0.1) is 0 Å². The average molecular weight is 1150 g/mol. The number of hydrogen-bond donors (Lipinski definition) is 0. The summed E-state index contributed by atoms with van der Waals surface area (Å²) in [5, 5.41) is -0.873. The maximum atomic E-state index is 10.6. The topological polar surface area (TPSA) is 68.3 Å². The van der Waals surface area contributed by atoms with Crippen molar-refractivity contribution < 1.29 is 19.2 Å². The minimum Gasteiger partial charge on any atom is -0.281 e. The van der Waals surface area contributed by atoms with E-state index >= 15 is 0 Å². The second-order valence-electron chi connectivity index (χ2n) is 20.0. The minimum absolute atomic E-state index is 0.158. The minimum atomic E-state index is -0.317. The Morgan fingerprint density at radius 1 is 0.296 bits per heavy atom. The van der Waals surface area contributed by atoms with Gasteiger partial charge in [0.1, 0.15) is 0 Å². The summed E-state index contributed by atoms with van der Waals surface area (Å²) in [4.78, 5) is 41.6. The first-order valence-electron chi connectivity index (χ1n) is 30.2. The van der Waals surface area contributed by atoms with Gasteiger partial charge in [0.15, 0.2) is 0 Å². The molecular formula is C62H115BrCl4O4. The van der Waals surface area contributed by atoms with E-state index in [1.54, 1.807) is 0 Å². The fourth-order valence-corrected chi connectivity index (χ4v) is 8.73. The average Bonchev–Trinajstić information content (AvgIpc) is 3.34. The summed E-state index contributed by atoms with van der Waals surface area (Å²) in [7, 11) is 0. The lowest BCUT2D eigenvalue weighted by Gasteiger charge is -2.03. The highest BCUT2D eigenvalue weighted by Crippen LogP contribution is 2.16. The van der Waals surface area contributed by atoms with Gasteiger partial charge in [-0.05, 0) is 123 Å². The summed E-state index contributed by atoms with van der Waals surface area (Å²) < 4.78 is 0. The first kappa shape index (κ1) is 77.3. The van der Waals surface area contributed by atoms with E-state index in [2.05, 4.69) is 61.0 Å². The van der Waals surface area contributed by atoms with Gasteiger partial charge in [-0.2, -0.15) is 0 Å². The molecule has 0 amide bonds. The van der Waals surface area contributed by atoms with Crippen LogP contribution in [-0.2, 0) is 19.2 Å². The second kappa shape index (κ2) is 71.9. The predicted octanol–water partition coefficient (Wildman–Crippen LogP) is 24.1. The normalized spacial score (nSPS) is 11.5. The summed E-state index contributed by atoms with van der Waals surface area (Å²) >= 11 is 24.0. The molecule has 0 rings (SSSR count). The predicted molar refractivity (Wildman–Crippen MR) is 323 cm³/mol. The van der Waals surface area contributed by atoms with Gasteiger partial charge in [-0.1, -0.05) is 286 Å². The summed E-state index contributed by atoms with van der Waals surface area (Å²) in [5.74, 6) is 0. The van der Waals surface area contributed by atoms with Crippen molar-refractivity contribution in [2.75, 3.05) is 0 Å². The van der Waals surface area contributed by atoms with Gasteiger partial charge in [0, 0.05) is 19.3 Å². The van der Waals surface area contributed by atoms with Crippen LogP contribution in [0.4, 0.5) is 0 Å². The molecule has 71 heavy (non-hydrogen) atoms. The molecule has 0 aromatic rings. The van der Waals surface area contributed by atoms with Crippen molar-refractivity contribution in [2.45, 2.75) is 347 Å². The van der Waals surface area contributed by atoms with E-state index in [1.807, 2.05) is 6.92 Å². The molecule has 4 nitrogen and oxygen atoms in total. The second-order valence-corrected chi connectivity index (χ2v) is 22.8. The first-order chi connectivity index (χ1) is 34.5. The molecule has 0 aromatic carbocycles. The smallest absolute Gasteiger partial charge is 0.235 e. The number of unbranched alkanes of at least 4 members (excludes halogenated alkanes) is 40. The van der Waals surface area contributed by atoms with E-state index in [9.17, 15) is 19.2 Å². The van der Waals surface area contributed by atoms with Gasteiger partial charge in [0.2, 0.25) is 21.0 Å². The van der Waals surface area contributed by atoms with Crippen LogP contribution in [0.2, 0.25) is 0 Å². The molecule has 9 heteroatoms. The number of allylic oxidation sites excluding steroid dienone is 4.